The molecule has 1 N–H and O–H groups in total. The Balaban J connectivity index is 1.56. The third-order valence-corrected chi connectivity index (χ3v) is 5.60. The highest BCUT2D eigenvalue weighted by atomic mass is 32.2. The van der Waals surface area contributed by atoms with Crippen LogP contribution in [-0.4, -0.2) is 32.3 Å². The summed E-state index contributed by atoms with van der Waals surface area (Å²) < 4.78 is 6.77. The zero-order valence-corrected chi connectivity index (χ0v) is 17.1. The van der Waals surface area contributed by atoms with Crippen LogP contribution in [0.3, 0.4) is 0 Å². The number of esters is 1. The van der Waals surface area contributed by atoms with E-state index >= 15 is 0 Å². The van der Waals surface area contributed by atoms with Gasteiger partial charge in [-0.2, -0.15) is 0 Å². The molecule has 2 heterocycles. The monoisotopic (exact) mass is 403 g/mol. The normalized spacial score (nSPS) is 10.8. The second kappa shape index (κ2) is 9.01. The quantitative estimate of drug-likeness (QED) is 0.453. The van der Waals surface area contributed by atoms with Crippen molar-refractivity contribution in [2.45, 2.75) is 31.2 Å². The van der Waals surface area contributed by atoms with E-state index in [9.17, 15) is 4.79 Å². The molecule has 0 amide bonds. The predicted molar refractivity (Wildman–Crippen MR) is 107 cm³/mol. The molecular formula is C18H21N5O2S2. The summed E-state index contributed by atoms with van der Waals surface area (Å²) in [7, 11) is 1.85. The third-order valence-electron chi connectivity index (χ3n) is 3.74. The first-order chi connectivity index (χ1) is 13.0. The van der Waals surface area contributed by atoms with Gasteiger partial charge in [-0.3, -0.25) is 4.79 Å². The van der Waals surface area contributed by atoms with Gasteiger partial charge >= 0.3 is 5.97 Å². The summed E-state index contributed by atoms with van der Waals surface area (Å²) in [6.45, 7) is 4.21. The number of nitrogens with zero attached hydrogens (tertiary/aromatic N) is 4. The molecule has 0 fully saturated rings. The maximum atomic E-state index is 11.6. The Morgan fingerprint density at radius 1 is 1.30 bits per heavy atom. The number of carbonyl (C=O) groups excluding carboxylic acids is 1. The molecule has 1 aromatic carbocycles. The number of aryl methyl sites for hydroxylation is 1. The van der Waals surface area contributed by atoms with Gasteiger partial charge in [-0.1, -0.05) is 29.5 Å². The van der Waals surface area contributed by atoms with Crippen LogP contribution < -0.4 is 5.32 Å². The first-order valence-corrected chi connectivity index (χ1v) is 10.4. The van der Waals surface area contributed by atoms with E-state index in [1.165, 1.54) is 17.3 Å². The molecule has 0 atom stereocenters. The van der Waals surface area contributed by atoms with Gasteiger partial charge in [-0.15, -0.1) is 21.5 Å². The van der Waals surface area contributed by atoms with Gasteiger partial charge < -0.3 is 14.6 Å². The van der Waals surface area contributed by atoms with Crippen LogP contribution in [0.2, 0.25) is 0 Å². The van der Waals surface area contributed by atoms with Gasteiger partial charge in [0.1, 0.15) is 12.2 Å². The highest BCUT2D eigenvalue weighted by Gasteiger charge is 2.14. The average Bonchev–Trinajstić information content (AvgIpc) is 3.23. The SMILES string of the molecule is CCOC(=O)Cc1nnc(SCc2csc(Nc3ccc(C)cc3)n2)n1C. The molecule has 27 heavy (non-hydrogen) atoms. The molecule has 3 rings (SSSR count). The highest BCUT2D eigenvalue weighted by molar-refractivity contribution is 7.98. The number of thioether (sulfide) groups is 1. The van der Waals surface area contributed by atoms with Gasteiger partial charge in [0.25, 0.3) is 0 Å². The van der Waals surface area contributed by atoms with Crippen LogP contribution in [0, 0.1) is 6.92 Å². The molecule has 3 aromatic rings. The molecule has 0 saturated carbocycles. The number of benzene rings is 1. The zero-order valence-electron chi connectivity index (χ0n) is 15.4. The van der Waals surface area contributed by atoms with Crippen molar-refractivity contribution in [3.05, 3.63) is 46.7 Å². The molecule has 0 aliphatic heterocycles. The minimum atomic E-state index is -0.295. The number of hydrogen-bond acceptors (Lipinski definition) is 8. The summed E-state index contributed by atoms with van der Waals surface area (Å²) in [4.78, 5) is 16.2. The van der Waals surface area contributed by atoms with E-state index in [2.05, 4.69) is 39.6 Å². The van der Waals surface area contributed by atoms with Crippen LogP contribution in [0.4, 0.5) is 10.8 Å². The largest absolute Gasteiger partial charge is 0.466 e. The van der Waals surface area contributed by atoms with Crippen LogP contribution in [0.25, 0.3) is 0 Å². The third kappa shape index (κ3) is 5.30. The number of anilines is 2. The zero-order chi connectivity index (χ0) is 19.2. The fraction of sp³-hybridized carbons (Fsp3) is 0.333. The maximum absolute atomic E-state index is 11.6. The van der Waals surface area contributed by atoms with Crippen molar-refractivity contribution in [1.29, 1.82) is 0 Å². The van der Waals surface area contributed by atoms with Crippen molar-refractivity contribution in [2.24, 2.45) is 7.05 Å². The van der Waals surface area contributed by atoms with E-state index in [0.717, 1.165) is 21.7 Å². The lowest BCUT2D eigenvalue weighted by Gasteiger charge is -2.03. The van der Waals surface area contributed by atoms with Crippen molar-refractivity contribution in [3.8, 4) is 0 Å². The van der Waals surface area contributed by atoms with Crippen LogP contribution in [-0.2, 0) is 28.8 Å². The number of ether oxygens (including phenoxy) is 1. The number of aromatic nitrogens is 4. The summed E-state index contributed by atoms with van der Waals surface area (Å²) >= 11 is 3.10. The smallest absolute Gasteiger partial charge is 0.313 e. The Morgan fingerprint density at radius 2 is 2.07 bits per heavy atom. The lowest BCUT2D eigenvalue weighted by molar-refractivity contribution is -0.142. The molecule has 0 aliphatic carbocycles. The maximum Gasteiger partial charge on any atom is 0.313 e. The van der Waals surface area contributed by atoms with E-state index in [0.29, 0.717) is 18.2 Å². The second-order valence-electron chi connectivity index (χ2n) is 5.86. The molecule has 0 unspecified atom stereocenters. The summed E-state index contributed by atoms with van der Waals surface area (Å²) in [6.07, 6.45) is 0.124. The average molecular weight is 404 g/mol. The van der Waals surface area contributed by atoms with Crippen molar-refractivity contribution in [1.82, 2.24) is 19.7 Å². The Bertz CT molecular complexity index is 905. The van der Waals surface area contributed by atoms with Crippen LogP contribution >= 0.6 is 23.1 Å². The Morgan fingerprint density at radius 3 is 2.81 bits per heavy atom. The minimum Gasteiger partial charge on any atom is -0.466 e. The second-order valence-corrected chi connectivity index (χ2v) is 7.66. The van der Waals surface area contributed by atoms with Crippen molar-refractivity contribution >= 4 is 39.9 Å². The van der Waals surface area contributed by atoms with Crippen LogP contribution in [0.5, 0.6) is 0 Å². The number of rotatable bonds is 8. The van der Waals surface area contributed by atoms with Crippen molar-refractivity contribution in [2.75, 3.05) is 11.9 Å². The van der Waals surface area contributed by atoms with Crippen LogP contribution in [0.1, 0.15) is 24.0 Å². The Labute approximate surface area is 166 Å². The molecule has 2 aromatic heterocycles. The van der Waals surface area contributed by atoms with Crippen molar-refractivity contribution < 1.29 is 9.53 Å². The molecule has 0 bridgehead atoms. The Hall–Kier alpha value is -2.39. The number of thiazole rings is 1. The first-order valence-electron chi connectivity index (χ1n) is 8.50. The van der Waals surface area contributed by atoms with Gasteiger partial charge in [0.2, 0.25) is 0 Å². The van der Waals surface area contributed by atoms with Gasteiger partial charge in [0.05, 0.1) is 12.3 Å². The van der Waals surface area contributed by atoms with Gasteiger partial charge in [0.15, 0.2) is 10.3 Å². The minimum absolute atomic E-state index is 0.124. The van der Waals surface area contributed by atoms with E-state index < -0.39 is 0 Å². The molecule has 0 radical (unpaired) electrons. The number of carbonyl (C=O) groups is 1. The standard InChI is InChI=1S/C18H21N5O2S2/c1-4-25-16(24)9-15-21-22-18(23(15)3)27-11-14-10-26-17(20-14)19-13-7-5-12(2)6-8-13/h5-8,10H,4,9,11H2,1-3H3,(H,19,20). The Kier molecular flexibility index (Phi) is 6.46. The van der Waals surface area contributed by atoms with E-state index in [-0.39, 0.29) is 12.4 Å². The predicted octanol–water partition coefficient (Wildman–Crippen LogP) is 3.72. The number of hydrogen-bond donors (Lipinski definition) is 1. The fourth-order valence-corrected chi connectivity index (χ4v) is 3.95. The molecule has 0 spiro atoms. The lowest BCUT2D eigenvalue weighted by atomic mass is 10.2. The molecule has 0 saturated heterocycles. The van der Waals surface area contributed by atoms with E-state index in [1.54, 1.807) is 18.3 Å². The topological polar surface area (TPSA) is 81.9 Å². The lowest BCUT2D eigenvalue weighted by Crippen LogP contribution is -2.11. The molecule has 7 nitrogen and oxygen atoms in total. The molecule has 142 valence electrons. The van der Waals surface area contributed by atoms with E-state index in [4.69, 9.17) is 4.74 Å². The molecule has 0 aliphatic rings. The summed E-state index contributed by atoms with van der Waals surface area (Å²) in [6, 6.07) is 8.20. The fourth-order valence-electron chi connectivity index (χ4n) is 2.30. The van der Waals surface area contributed by atoms with Crippen LogP contribution in [0.15, 0.2) is 34.8 Å². The van der Waals surface area contributed by atoms with Crippen molar-refractivity contribution in [3.63, 3.8) is 0 Å². The molecular weight excluding hydrogens is 382 g/mol. The van der Waals surface area contributed by atoms with Gasteiger partial charge in [-0.05, 0) is 26.0 Å². The molecule has 9 heteroatoms. The highest BCUT2D eigenvalue weighted by Crippen LogP contribution is 2.26. The van der Waals surface area contributed by atoms with Gasteiger partial charge in [-0.25, -0.2) is 4.98 Å². The summed E-state index contributed by atoms with van der Waals surface area (Å²) in [5, 5.41) is 15.2. The van der Waals surface area contributed by atoms with Gasteiger partial charge in [0, 0.05) is 23.9 Å². The number of nitrogens with one attached hydrogen (secondary N) is 1. The first kappa shape index (κ1) is 19.4. The van der Waals surface area contributed by atoms with E-state index in [1.807, 2.05) is 29.1 Å². The summed E-state index contributed by atoms with van der Waals surface area (Å²) in [5.41, 5.74) is 3.21. The summed E-state index contributed by atoms with van der Waals surface area (Å²) in [5.74, 6) is 0.976.